The second kappa shape index (κ2) is 6.07. The van der Waals surface area contributed by atoms with Gasteiger partial charge in [0.05, 0.1) is 6.20 Å². The minimum absolute atomic E-state index is 0.244. The van der Waals surface area contributed by atoms with Crippen LogP contribution in [-0.2, 0) is 6.42 Å². The van der Waals surface area contributed by atoms with Crippen molar-refractivity contribution in [2.24, 2.45) is 5.73 Å². The lowest BCUT2D eigenvalue weighted by molar-refractivity contribution is 0.454. The summed E-state index contributed by atoms with van der Waals surface area (Å²) in [6, 6.07) is 6.65. The number of hydrogen-bond acceptors (Lipinski definition) is 4. The van der Waals surface area contributed by atoms with Crippen LogP contribution in [-0.4, -0.2) is 11.0 Å². The molecule has 0 saturated carbocycles. The molecule has 0 aliphatic heterocycles. The molecule has 2 aromatic rings. The van der Waals surface area contributed by atoms with Crippen molar-refractivity contribution in [1.29, 1.82) is 0 Å². The number of aryl methyl sites for hydroxylation is 1. The molecule has 0 aliphatic carbocycles. The van der Waals surface area contributed by atoms with Gasteiger partial charge in [0.1, 0.15) is 6.26 Å². The Morgan fingerprint density at radius 3 is 2.89 bits per heavy atom. The molecule has 3 nitrogen and oxygen atoms in total. The second-order valence-electron chi connectivity index (χ2n) is 4.36. The number of oxazole rings is 1. The average Bonchev–Trinajstić information content (AvgIpc) is 2.85. The molecular formula is C14H18N2OS. The minimum Gasteiger partial charge on any atom is -0.440 e. The normalized spacial score (nSPS) is 12.6. The fourth-order valence-corrected chi connectivity index (χ4v) is 2.54. The van der Waals surface area contributed by atoms with Crippen molar-refractivity contribution in [3.05, 3.63) is 41.8 Å². The summed E-state index contributed by atoms with van der Waals surface area (Å²) in [7, 11) is 0. The van der Waals surface area contributed by atoms with E-state index in [1.54, 1.807) is 12.5 Å². The van der Waals surface area contributed by atoms with Gasteiger partial charge < -0.3 is 10.2 Å². The Bertz CT molecular complexity index is 497. The first-order valence-electron chi connectivity index (χ1n) is 6.11. The van der Waals surface area contributed by atoms with Gasteiger partial charge in [0.15, 0.2) is 0 Å². The maximum Gasteiger partial charge on any atom is 0.260 e. The van der Waals surface area contributed by atoms with Crippen LogP contribution in [0.1, 0.15) is 24.5 Å². The van der Waals surface area contributed by atoms with Crippen LogP contribution >= 0.6 is 11.8 Å². The third-order valence-corrected chi connectivity index (χ3v) is 3.80. The van der Waals surface area contributed by atoms with Crippen LogP contribution in [0.2, 0.25) is 0 Å². The Labute approximate surface area is 112 Å². The Balaban J connectivity index is 2.09. The molecule has 0 spiro atoms. The maximum atomic E-state index is 5.99. The number of nitrogens with two attached hydrogens (primary N) is 1. The van der Waals surface area contributed by atoms with E-state index >= 15 is 0 Å². The van der Waals surface area contributed by atoms with E-state index < -0.39 is 0 Å². The van der Waals surface area contributed by atoms with Crippen LogP contribution < -0.4 is 5.73 Å². The summed E-state index contributed by atoms with van der Waals surface area (Å²) in [6.07, 6.45) is 5.19. The molecule has 4 heteroatoms. The van der Waals surface area contributed by atoms with Gasteiger partial charge in [-0.2, -0.15) is 0 Å². The predicted octanol–water partition coefficient (Wildman–Crippen LogP) is 3.41. The summed E-state index contributed by atoms with van der Waals surface area (Å²) in [5.41, 5.74) is 8.59. The standard InChI is InChI=1S/C14H18N2OS/c1-3-12(15)9-11-4-5-13(8-10(11)2)18-14-16-6-7-17-14/h4-8,12H,3,9,15H2,1-2H3. The van der Waals surface area contributed by atoms with E-state index in [2.05, 4.69) is 37.0 Å². The van der Waals surface area contributed by atoms with Crippen molar-refractivity contribution in [3.8, 4) is 0 Å². The van der Waals surface area contributed by atoms with Crippen LogP contribution in [0, 0.1) is 6.92 Å². The summed E-state index contributed by atoms with van der Waals surface area (Å²) in [6.45, 7) is 4.24. The summed E-state index contributed by atoms with van der Waals surface area (Å²) in [4.78, 5) is 5.24. The minimum atomic E-state index is 0.244. The van der Waals surface area contributed by atoms with Gasteiger partial charge in [0, 0.05) is 10.9 Å². The lowest BCUT2D eigenvalue weighted by Crippen LogP contribution is -2.21. The summed E-state index contributed by atoms with van der Waals surface area (Å²) >= 11 is 1.53. The van der Waals surface area contributed by atoms with Crippen LogP contribution in [0.4, 0.5) is 0 Å². The molecular weight excluding hydrogens is 244 g/mol. The zero-order chi connectivity index (χ0) is 13.0. The Morgan fingerprint density at radius 2 is 2.28 bits per heavy atom. The molecule has 2 rings (SSSR count). The lowest BCUT2D eigenvalue weighted by atomic mass is 10.0. The molecule has 1 heterocycles. The Hall–Kier alpha value is -1.26. The van der Waals surface area contributed by atoms with Crippen molar-refractivity contribution >= 4 is 11.8 Å². The largest absolute Gasteiger partial charge is 0.440 e. The average molecular weight is 262 g/mol. The molecule has 0 aliphatic rings. The van der Waals surface area contributed by atoms with Gasteiger partial charge in [0.25, 0.3) is 5.22 Å². The maximum absolute atomic E-state index is 5.99. The van der Waals surface area contributed by atoms with Crippen molar-refractivity contribution in [3.63, 3.8) is 0 Å². The van der Waals surface area contributed by atoms with Crippen molar-refractivity contribution in [2.45, 2.75) is 42.8 Å². The molecule has 1 atom stereocenters. The van der Waals surface area contributed by atoms with Gasteiger partial charge in [-0.1, -0.05) is 13.0 Å². The highest BCUT2D eigenvalue weighted by Crippen LogP contribution is 2.28. The second-order valence-corrected chi connectivity index (χ2v) is 5.39. The van der Waals surface area contributed by atoms with Crippen molar-refractivity contribution < 1.29 is 4.42 Å². The topological polar surface area (TPSA) is 52.0 Å². The van der Waals surface area contributed by atoms with Crippen molar-refractivity contribution in [2.75, 3.05) is 0 Å². The Morgan fingerprint density at radius 1 is 1.44 bits per heavy atom. The molecule has 96 valence electrons. The molecule has 18 heavy (non-hydrogen) atoms. The molecule has 1 unspecified atom stereocenters. The van der Waals surface area contributed by atoms with Crippen LogP contribution in [0.3, 0.4) is 0 Å². The van der Waals surface area contributed by atoms with Gasteiger partial charge in [-0.15, -0.1) is 0 Å². The third-order valence-electron chi connectivity index (χ3n) is 2.94. The summed E-state index contributed by atoms with van der Waals surface area (Å²) < 4.78 is 5.22. The number of hydrogen-bond donors (Lipinski definition) is 1. The van der Waals surface area contributed by atoms with Gasteiger partial charge in [-0.3, -0.25) is 0 Å². The van der Waals surface area contributed by atoms with Crippen LogP contribution in [0.5, 0.6) is 0 Å². The molecule has 2 N–H and O–H groups in total. The fraction of sp³-hybridized carbons (Fsp3) is 0.357. The summed E-state index contributed by atoms with van der Waals surface area (Å²) in [5, 5.41) is 0.674. The first-order chi connectivity index (χ1) is 8.69. The van der Waals surface area contributed by atoms with Crippen LogP contribution in [0.15, 0.2) is 45.2 Å². The molecule has 0 bridgehead atoms. The zero-order valence-corrected chi connectivity index (χ0v) is 11.5. The third kappa shape index (κ3) is 3.37. The number of nitrogens with zero attached hydrogens (tertiary/aromatic N) is 1. The van der Waals surface area contributed by atoms with Crippen LogP contribution in [0.25, 0.3) is 0 Å². The van der Waals surface area contributed by atoms with E-state index in [-0.39, 0.29) is 6.04 Å². The van der Waals surface area contributed by atoms with Gasteiger partial charge in [0.2, 0.25) is 0 Å². The monoisotopic (exact) mass is 262 g/mol. The van der Waals surface area contributed by atoms with E-state index in [4.69, 9.17) is 10.2 Å². The van der Waals surface area contributed by atoms with E-state index in [9.17, 15) is 0 Å². The number of benzene rings is 1. The molecule has 0 amide bonds. The van der Waals surface area contributed by atoms with Gasteiger partial charge >= 0.3 is 0 Å². The van der Waals surface area contributed by atoms with Crippen molar-refractivity contribution in [1.82, 2.24) is 4.98 Å². The number of rotatable bonds is 5. The first kappa shape index (κ1) is 13.2. The summed E-state index contributed by atoms with van der Waals surface area (Å²) in [5.74, 6) is 0. The molecule has 0 fully saturated rings. The van der Waals surface area contributed by atoms with E-state index in [0.29, 0.717) is 5.22 Å². The molecule has 0 saturated heterocycles. The predicted molar refractivity (Wildman–Crippen MR) is 73.8 cm³/mol. The van der Waals surface area contributed by atoms with E-state index in [1.807, 2.05) is 0 Å². The SMILES string of the molecule is CCC(N)Cc1ccc(Sc2ncco2)cc1C. The first-order valence-corrected chi connectivity index (χ1v) is 6.93. The quantitative estimate of drug-likeness (QED) is 0.897. The zero-order valence-electron chi connectivity index (χ0n) is 10.7. The molecule has 1 aromatic carbocycles. The highest BCUT2D eigenvalue weighted by atomic mass is 32.2. The van der Waals surface area contributed by atoms with E-state index in [1.165, 1.54) is 22.9 Å². The highest BCUT2D eigenvalue weighted by Gasteiger charge is 2.07. The van der Waals surface area contributed by atoms with E-state index in [0.717, 1.165) is 17.7 Å². The van der Waals surface area contributed by atoms with Gasteiger partial charge in [-0.05, 0) is 54.8 Å². The smallest absolute Gasteiger partial charge is 0.260 e. The highest BCUT2D eigenvalue weighted by molar-refractivity contribution is 7.99. The molecule has 0 radical (unpaired) electrons. The fourth-order valence-electron chi connectivity index (χ4n) is 1.75. The lowest BCUT2D eigenvalue weighted by Gasteiger charge is -2.12. The Kier molecular flexibility index (Phi) is 4.44. The molecule has 1 aromatic heterocycles. The number of aromatic nitrogens is 1. The van der Waals surface area contributed by atoms with Gasteiger partial charge in [-0.25, -0.2) is 4.98 Å².